The van der Waals surface area contributed by atoms with Crippen LogP contribution in [0.15, 0.2) is 66.1 Å². The van der Waals surface area contributed by atoms with Gasteiger partial charge in [0.15, 0.2) is 4.34 Å². The Bertz CT molecular complexity index is 1240. The summed E-state index contributed by atoms with van der Waals surface area (Å²) in [5.41, 5.74) is 3.83. The van der Waals surface area contributed by atoms with Crippen LogP contribution in [0.1, 0.15) is 11.3 Å². The molecular weight excluding hydrogens is 550 g/mol. The van der Waals surface area contributed by atoms with Crippen molar-refractivity contribution in [1.82, 2.24) is 25.1 Å². The van der Waals surface area contributed by atoms with Gasteiger partial charge in [0.05, 0.1) is 18.2 Å². The highest BCUT2D eigenvalue weighted by molar-refractivity contribution is 9.10. The molecule has 1 amide bonds. The van der Waals surface area contributed by atoms with E-state index in [1.807, 2.05) is 18.2 Å². The largest absolute Gasteiger partial charge is 0.463 e. The second kappa shape index (κ2) is 11.3. The summed E-state index contributed by atoms with van der Waals surface area (Å²) < 4.78 is 8.14. The fourth-order valence-corrected chi connectivity index (χ4v) is 5.16. The van der Waals surface area contributed by atoms with Gasteiger partial charge in [0, 0.05) is 10.2 Å². The normalized spacial score (nSPS) is 11.2. The lowest BCUT2D eigenvalue weighted by atomic mass is 10.2. The third-order valence-electron chi connectivity index (χ3n) is 3.80. The first-order valence-electron chi connectivity index (χ1n) is 9.23. The van der Waals surface area contributed by atoms with E-state index in [-0.39, 0.29) is 17.6 Å². The maximum atomic E-state index is 12.3. The summed E-state index contributed by atoms with van der Waals surface area (Å²) in [5.74, 6) is 7.31. The van der Waals surface area contributed by atoms with Gasteiger partial charge in [-0.2, -0.15) is 5.10 Å². The first-order valence-corrected chi connectivity index (χ1v) is 12.8. The molecule has 0 atom stereocenters. The second-order valence-corrected chi connectivity index (χ2v) is 10.2. The number of carbonyl (C=O) groups excluding carboxylic acids is 1. The third-order valence-corrected chi connectivity index (χ3v) is 7.28. The number of nitrogens with one attached hydrogen (secondary N) is 2. The van der Waals surface area contributed by atoms with E-state index in [2.05, 4.69) is 58.2 Å². The van der Waals surface area contributed by atoms with Gasteiger partial charge in [0.25, 0.3) is 5.95 Å². The highest BCUT2D eigenvalue weighted by Gasteiger charge is 2.14. The van der Waals surface area contributed by atoms with Gasteiger partial charge in [-0.1, -0.05) is 62.9 Å². The van der Waals surface area contributed by atoms with E-state index in [0.29, 0.717) is 16.0 Å². The van der Waals surface area contributed by atoms with Crippen LogP contribution in [0.2, 0.25) is 0 Å². The Kier molecular flexibility index (Phi) is 7.98. The topological polar surface area (TPSA) is 149 Å². The van der Waals surface area contributed by atoms with Crippen molar-refractivity contribution >= 4 is 74.0 Å². The Morgan fingerprint density at radius 1 is 1.24 bits per heavy atom. The number of hydrogen-bond acceptors (Lipinski definition) is 12. The molecule has 4 N–H and O–H groups in total. The van der Waals surface area contributed by atoms with Crippen LogP contribution in [0.5, 0.6) is 0 Å². The number of nitrogens with zero attached hydrogens (tertiary/aromatic N) is 6. The highest BCUT2D eigenvalue weighted by Crippen LogP contribution is 2.29. The molecule has 0 aliphatic heterocycles. The zero-order valence-corrected chi connectivity index (χ0v) is 20.7. The summed E-state index contributed by atoms with van der Waals surface area (Å²) in [7, 11) is 0. The number of hydrazone groups is 1. The Hall–Kier alpha value is -2.88. The van der Waals surface area contributed by atoms with Crippen molar-refractivity contribution < 1.29 is 9.21 Å². The minimum atomic E-state index is -0.256. The summed E-state index contributed by atoms with van der Waals surface area (Å²) in [6, 6.07) is 11.6. The molecule has 33 heavy (non-hydrogen) atoms. The van der Waals surface area contributed by atoms with Crippen LogP contribution in [0.3, 0.4) is 0 Å². The van der Waals surface area contributed by atoms with Crippen LogP contribution in [-0.4, -0.2) is 42.9 Å². The lowest BCUT2D eigenvalue weighted by Crippen LogP contribution is -2.16. The van der Waals surface area contributed by atoms with E-state index >= 15 is 0 Å². The fraction of sp³-hybridized carbons (Fsp3) is 0.111. The highest BCUT2D eigenvalue weighted by atomic mass is 79.9. The molecule has 11 nitrogen and oxygen atoms in total. The monoisotopic (exact) mass is 565 g/mol. The molecule has 0 saturated heterocycles. The standard InChI is InChI=1S/C18H16BrN9O2S3/c19-12-4-1-3-11(7-12)9-32-18-27-25-16(33-18)22-14(29)10-31-17-26-24-15(28(17)20)23-21-8-13-5-2-6-30-13/h1-8H,9-10,20H2,(H,23,24)(H,22,25,29)/b21-8+. The Morgan fingerprint density at radius 3 is 2.97 bits per heavy atom. The molecule has 0 aliphatic rings. The average molecular weight is 566 g/mol. The zero-order chi connectivity index (χ0) is 23.0. The molecule has 15 heteroatoms. The van der Waals surface area contributed by atoms with Crippen LogP contribution in [0, 0.1) is 0 Å². The fourth-order valence-electron chi connectivity index (χ4n) is 2.35. The van der Waals surface area contributed by atoms with Gasteiger partial charge in [-0.05, 0) is 29.8 Å². The molecule has 0 unspecified atom stereocenters. The van der Waals surface area contributed by atoms with Crippen LogP contribution in [0.4, 0.5) is 11.1 Å². The lowest BCUT2D eigenvalue weighted by Gasteiger charge is -2.02. The SMILES string of the molecule is Nn1c(N/N=C/c2ccco2)nnc1SCC(=O)Nc1nnc(SCc2cccc(Br)c2)s1. The number of thioether (sulfide) groups is 2. The summed E-state index contributed by atoms with van der Waals surface area (Å²) in [5, 5.41) is 23.5. The summed E-state index contributed by atoms with van der Waals surface area (Å²) in [4.78, 5) is 12.3. The van der Waals surface area contributed by atoms with Crippen LogP contribution < -0.4 is 16.6 Å². The summed E-state index contributed by atoms with van der Waals surface area (Å²) >= 11 is 7.46. The van der Waals surface area contributed by atoms with Gasteiger partial charge in [-0.15, -0.1) is 20.4 Å². The number of nitrogen functional groups attached to an aromatic ring is 1. The predicted octanol–water partition coefficient (Wildman–Crippen LogP) is 3.67. The minimum Gasteiger partial charge on any atom is -0.463 e. The molecule has 0 spiro atoms. The van der Waals surface area contributed by atoms with E-state index in [1.165, 1.54) is 28.5 Å². The third kappa shape index (κ3) is 6.80. The molecule has 3 heterocycles. The summed E-state index contributed by atoms with van der Waals surface area (Å²) in [6.07, 6.45) is 3.01. The number of furan rings is 1. The molecule has 170 valence electrons. The number of halogens is 1. The summed E-state index contributed by atoms with van der Waals surface area (Å²) in [6.45, 7) is 0. The first-order chi connectivity index (χ1) is 16.1. The van der Waals surface area contributed by atoms with E-state index in [1.54, 1.807) is 23.9 Å². The number of benzene rings is 1. The van der Waals surface area contributed by atoms with Crippen molar-refractivity contribution in [3.8, 4) is 0 Å². The van der Waals surface area contributed by atoms with Crippen molar-refractivity contribution in [1.29, 1.82) is 0 Å². The van der Waals surface area contributed by atoms with E-state index in [9.17, 15) is 4.79 Å². The van der Waals surface area contributed by atoms with Gasteiger partial charge in [0.2, 0.25) is 16.2 Å². The molecular formula is C18H16BrN9O2S3. The predicted molar refractivity (Wildman–Crippen MR) is 133 cm³/mol. The maximum Gasteiger partial charge on any atom is 0.264 e. The smallest absolute Gasteiger partial charge is 0.264 e. The van der Waals surface area contributed by atoms with E-state index < -0.39 is 0 Å². The number of aromatic nitrogens is 5. The van der Waals surface area contributed by atoms with Crippen LogP contribution in [-0.2, 0) is 10.5 Å². The molecule has 0 fully saturated rings. The Labute approximate surface area is 208 Å². The van der Waals surface area contributed by atoms with Gasteiger partial charge in [-0.3, -0.25) is 10.1 Å². The molecule has 0 saturated carbocycles. The second-order valence-electron chi connectivity index (χ2n) is 6.19. The molecule has 1 aromatic carbocycles. The van der Waals surface area contributed by atoms with Crippen LogP contribution >= 0.6 is 50.8 Å². The number of rotatable bonds is 10. The van der Waals surface area contributed by atoms with Crippen molar-refractivity contribution in [3.63, 3.8) is 0 Å². The van der Waals surface area contributed by atoms with Crippen molar-refractivity contribution in [2.24, 2.45) is 5.10 Å². The van der Waals surface area contributed by atoms with Crippen molar-refractivity contribution in [3.05, 3.63) is 58.5 Å². The quantitative estimate of drug-likeness (QED) is 0.0853. The Morgan fingerprint density at radius 2 is 2.15 bits per heavy atom. The molecule has 4 aromatic rings. The first kappa shape index (κ1) is 23.3. The number of carbonyl (C=O) groups is 1. The lowest BCUT2D eigenvalue weighted by molar-refractivity contribution is -0.113. The maximum absolute atomic E-state index is 12.3. The molecule has 0 aliphatic carbocycles. The van der Waals surface area contributed by atoms with Gasteiger partial charge >= 0.3 is 0 Å². The Balaban J connectivity index is 1.23. The average Bonchev–Trinajstić information content (AvgIpc) is 3.54. The number of amides is 1. The molecule has 0 bridgehead atoms. The van der Waals surface area contributed by atoms with E-state index in [4.69, 9.17) is 10.3 Å². The molecule has 0 radical (unpaired) electrons. The number of hydrogen-bond donors (Lipinski definition) is 3. The zero-order valence-electron chi connectivity index (χ0n) is 16.7. The van der Waals surface area contributed by atoms with Crippen LogP contribution in [0.25, 0.3) is 0 Å². The number of anilines is 2. The van der Waals surface area contributed by atoms with Crippen molar-refractivity contribution in [2.45, 2.75) is 15.2 Å². The van der Waals surface area contributed by atoms with Crippen molar-refractivity contribution in [2.75, 3.05) is 22.3 Å². The van der Waals surface area contributed by atoms with Gasteiger partial charge in [-0.25, -0.2) is 10.1 Å². The van der Waals surface area contributed by atoms with E-state index in [0.717, 1.165) is 31.9 Å². The van der Waals surface area contributed by atoms with Gasteiger partial charge < -0.3 is 10.3 Å². The van der Waals surface area contributed by atoms with Gasteiger partial charge in [0.1, 0.15) is 5.76 Å². The minimum absolute atomic E-state index is 0.0745. The molecule has 4 rings (SSSR count). The number of nitrogens with two attached hydrogens (primary N) is 1. The molecule has 3 aromatic heterocycles.